The molecule has 2 N–H and O–H groups in total. The van der Waals surface area contributed by atoms with Gasteiger partial charge in [-0.3, -0.25) is 9.48 Å². The SMILES string of the molecule is CCn1nc(CC(C)C)cc1C(=O)N[C@@H]1CCOC[C@H]1O. The van der Waals surface area contributed by atoms with Gasteiger partial charge in [0.05, 0.1) is 24.4 Å². The number of amides is 1. The van der Waals surface area contributed by atoms with Crippen molar-refractivity contribution in [2.75, 3.05) is 13.2 Å². The Hall–Kier alpha value is -1.40. The number of hydrogen-bond acceptors (Lipinski definition) is 4. The molecule has 6 nitrogen and oxygen atoms in total. The number of nitrogens with one attached hydrogen (secondary N) is 1. The highest BCUT2D eigenvalue weighted by Gasteiger charge is 2.26. The number of carbonyl (C=O) groups is 1. The van der Waals surface area contributed by atoms with Crippen LogP contribution in [0.1, 0.15) is 43.4 Å². The first kappa shape index (κ1) is 16.0. The third-order valence-electron chi connectivity index (χ3n) is 3.62. The van der Waals surface area contributed by atoms with Gasteiger partial charge < -0.3 is 15.2 Å². The summed E-state index contributed by atoms with van der Waals surface area (Å²) in [6.45, 7) is 7.71. The van der Waals surface area contributed by atoms with Gasteiger partial charge in [-0.1, -0.05) is 13.8 Å². The van der Waals surface area contributed by atoms with Gasteiger partial charge in [-0.2, -0.15) is 5.10 Å². The van der Waals surface area contributed by atoms with E-state index in [0.29, 0.717) is 31.2 Å². The van der Waals surface area contributed by atoms with Crippen molar-refractivity contribution in [2.45, 2.75) is 52.3 Å². The van der Waals surface area contributed by atoms with Crippen molar-refractivity contribution in [3.8, 4) is 0 Å². The Morgan fingerprint density at radius 1 is 1.62 bits per heavy atom. The zero-order valence-corrected chi connectivity index (χ0v) is 13.0. The topological polar surface area (TPSA) is 76.4 Å². The maximum absolute atomic E-state index is 12.4. The molecule has 0 aromatic carbocycles. The van der Waals surface area contributed by atoms with Crippen molar-refractivity contribution in [3.05, 3.63) is 17.5 Å². The summed E-state index contributed by atoms with van der Waals surface area (Å²) in [5.74, 6) is 0.323. The largest absolute Gasteiger partial charge is 0.389 e. The van der Waals surface area contributed by atoms with Crippen LogP contribution in [0.2, 0.25) is 0 Å². The van der Waals surface area contributed by atoms with Crippen LogP contribution in [0.15, 0.2) is 6.07 Å². The highest BCUT2D eigenvalue weighted by molar-refractivity contribution is 5.93. The van der Waals surface area contributed by atoms with Gasteiger partial charge in [0.25, 0.3) is 5.91 Å². The summed E-state index contributed by atoms with van der Waals surface area (Å²) < 4.78 is 6.89. The fourth-order valence-corrected chi connectivity index (χ4v) is 2.55. The molecule has 1 aromatic heterocycles. The molecular weight excluding hydrogens is 270 g/mol. The van der Waals surface area contributed by atoms with Crippen LogP contribution in [0.4, 0.5) is 0 Å². The Balaban J connectivity index is 2.08. The minimum Gasteiger partial charge on any atom is -0.389 e. The number of aliphatic hydroxyl groups excluding tert-OH is 1. The molecule has 2 heterocycles. The van der Waals surface area contributed by atoms with Gasteiger partial charge in [-0.25, -0.2) is 0 Å². The van der Waals surface area contributed by atoms with Crippen LogP contribution in [0.25, 0.3) is 0 Å². The lowest BCUT2D eigenvalue weighted by Gasteiger charge is -2.28. The van der Waals surface area contributed by atoms with Gasteiger partial charge in [0.15, 0.2) is 0 Å². The molecule has 1 fully saturated rings. The van der Waals surface area contributed by atoms with Gasteiger partial charge in [0.2, 0.25) is 0 Å². The maximum Gasteiger partial charge on any atom is 0.269 e. The molecular formula is C15H25N3O3. The smallest absolute Gasteiger partial charge is 0.269 e. The molecule has 118 valence electrons. The third-order valence-corrected chi connectivity index (χ3v) is 3.62. The van der Waals surface area contributed by atoms with E-state index in [2.05, 4.69) is 24.3 Å². The second-order valence-corrected chi connectivity index (χ2v) is 5.95. The molecule has 0 bridgehead atoms. The van der Waals surface area contributed by atoms with Gasteiger partial charge in [-0.15, -0.1) is 0 Å². The summed E-state index contributed by atoms with van der Waals surface area (Å²) in [6.07, 6.45) is 0.843. The van der Waals surface area contributed by atoms with E-state index in [9.17, 15) is 9.90 Å². The van der Waals surface area contributed by atoms with Crippen LogP contribution in [0.5, 0.6) is 0 Å². The van der Waals surface area contributed by atoms with Gasteiger partial charge in [0, 0.05) is 13.2 Å². The summed E-state index contributed by atoms with van der Waals surface area (Å²) >= 11 is 0. The minimum atomic E-state index is -0.643. The third kappa shape index (κ3) is 4.04. The van der Waals surface area contributed by atoms with Crippen LogP contribution in [0.3, 0.4) is 0 Å². The summed E-state index contributed by atoms with van der Waals surface area (Å²) in [4.78, 5) is 12.4. The molecule has 0 unspecified atom stereocenters. The van der Waals surface area contributed by atoms with E-state index in [1.54, 1.807) is 4.68 Å². The minimum absolute atomic E-state index is 0.176. The summed E-state index contributed by atoms with van der Waals surface area (Å²) in [5.41, 5.74) is 1.50. The Morgan fingerprint density at radius 2 is 2.38 bits per heavy atom. The first-order chi connectivity index (χ1) is 10.0. The summed E-state index contributed by atoms with van der Waals surface area (Å²) in [7, 11) is 0. The molecule has 1 aromatic rings. The fraction of sp³-hybridized carbons (Fsp3) is 0.733. The van der Waals surface area contributed by atoms with E-state index < -0.39 is 6.10 Å². The second kappa shape index (κ2) is 7.04. The van der Waals surface area contributed by atoms with Crippen LogP contribution >= 0.6 is 0 Å². The number of aromatic nitrogens is 2. The molecule has 1 aliphatic heterocycles. The van der Waals surface area contributed by atoms with E-state index >= 15 is 0 Å². The van der Waals surface area contributed by atoms with Crippen molar-refractivity contribution in [2.24, 2.45) is 5.92 Å². The van der Waals surface area contributed by atoms with Gasteiger partial charge >= 0.3 is 0 Å². The van der Waals surface area contributed by atoms with E-state index in [-0.39, 0.29) is 18.6 Å². The number of hydrogen-bond donors (Lipinski definition) is 2. The predicted octanol–water partition coefficient (Wildman–Crippen LogP) is 0.981. The van der Waals surface area contributed by atoms with Gasteiger partial charge in [0.1, 0.15) is 5.69 Å². The van der Waals surface area contributed by atoms with Crippen molar-refractivity contribution in [3.63, 3.8) is 0 Å². The number of aliphatic hydroxyl groups is 1. The number of aryl methyl sites for hydroxylation is 1. The Kier molecular flexibility index (Phi) is 5.36. The van der Waals surface area contributed by atoms with E-state index in [0.717, 1.165) is 12.1 Å². The van der Waals surface area contributed by atoms with Crippen molar-refractivity contribution in [1.82, 2.24) is 15.1 Å². The molecule has 0 saturated carbocycles. The molecule has 6 heteroatoms. The average Bonchev–Trinajstić information content (AvgIpc) is 2.83. The van der Waals surface area contributed by atoms with Crippen molar-refractivity contribution in [1.29, 1.82) is 0 Å². The molecule has 1 saturated heterocycles. The number of carbonyl (C=O) groups excluding carboxylic acids is 1. The monoisotopic (exact) mass is 295 g/mol. The van der Waals surface area contributed by atoms with Crippen LogP contribution in [-0.2, 0) is 17.7 Å². The van der Waals surface area contributed by atoms with Crippen LogP contribution < -0.4 is 5.32 Å². The Morgan fingerprint density at radius 3 is 3.00 bits per heavy atom. The van der Waals surface area contributed by atoms with Crippen molar-refractivity contribution >= 4 is 5.91 Å². The molecule has 0 radical (unpaired) electrons. The molecule has 21 heavy (non-hydrogen) atoms. The number of ether oxygens (including phenoxy) is 1. The molecule has 1 amide bonds. The first-order valence-corrected chi connectivity index (χ1v) is 7.64. The Labute approximate surface area is 125 Å². The first-order valence-electron chi connectivity index (χ1n) is 7.64. The highest BCUT2D eigenvalue weighted by Crippen LogP contribution is 2.12. The highest BCUT2D eigenvalue weighted by atomic mass is 16.5. The molecule has 0 aliphatic carbocycles. The number of rotatable bonds is 5. The lowest BCUT2D eigenvalue weighted by molar-refractivity contribution is -0.0261. The predicted molar refractivity (Wildman–Crippen MR) is 79.1 cm³/mol. The normalized spacial score (nSPS) is 22.5. The molecule has 2 atom stereocenters. The lowest BCUT2D eigenvalue weighted by atomic mass is 10.1. The summed E-state index contributed by atoms with van der Waals surface area (Å²) in [6, 6.07) is 1.60. The average molecular weight is 295 g/mol. The van der Waals surface area contributed by atoms with E-state index in [4.69, 9.17) is 4.74 Å². The molecule has 0 spiro atoms. The number of nitrogens with zero attached hydrogens (tertiary/aromatic N) is 2. The zero-order chi connectivity index (χ0) is 15.4. The van der Waals surface area contributed by atoms with Crippen molar-refractivity contribution < 1.29 is 14.6 Å². The van der Waals surface area contributed by atoms with Gasteiger partial charge in [-0.05, 0) is 31.7 Å². The molecule has 2 rings (SSSR count). The standard InChI is InChI=1S/C15H25N3O3/c1-4-18-13(8-11(17-18)7-10(2)3)15(20)16-12-5-6-21-9-14(12)19/h8,10,12,14,19H,4-7,9H2,1-3H3,(H,16,20)/t12-,14-/m1/s1. The van der Waals surface area contributed by atoms with Crippen LogP contribution in [-0.4, -0.2) is 46.2 Å². The van der Waals surface area contributed by atoms with E-state index in [1.807, 2.05) is 13.0 Å². The lowest BCUT2D eigenvalue weighted by Crippen LogP contribution is -2.49. The van der Waals surface area contributed by atoms with Crippen LogP contribution in [0, 0.1) is 5.92 Å². The molecule has 1 aliphatic rings. The zero-order valence-electron chi connectivity index (χ0n) is 13.0. The maximum atomic E-state index is 12.4. The Bertz CT molecular complexity index is 485. The summed E-state index contributed by atoms with van der Waals surface area (Å²) in [5, 5.41) is 17.2. The van der Waals surface area contributed by atoms with E-state index in [1.165, 1.54) is 0 Å². The second-order valence-electron chi connectivity index (χ2n) is 5.95. The quantitative estimate of drug-likeness (QED) is 0.849. The fourth-order valence-electron chi connectivity index (χ4n) is 2.55.